The molecule has 1 saturated heterocycles. The van der Waals surface area contributed by atoms with Crippen molar-refractivity contribution >= 4 is 0 Å². The smallest absolute Gasteiger partial charge is 0.165 e. The summed E-state index contributed by atoms with van der Waals surface area (Å²) in [5.74, 6) is 2.85. The molecule has 124 valence electrons. The molecule has 0 spiro atoms. The summed E-state index contributed by atoms with van der Waals surface area (Å²) in [7, 11) is 0. The van der Waals surface area contributed by atoms with E-state index in [4.69, 9.17) is 0 Å². The summed E-state index contributed by atoms with van der Waals surface area (Å²) in [6, 6.07) is 1.01. The number of aromatic nitrogens is 7. The molecule has 0 amide bonds. The molecule has 2 aromatic rings. The SMILES string of the molecule is Cc1nc(C)n(C[C@H]2CCCCN2Cc2nnnn2C2CC2)n1. The zero-order valence-electron chi connectivity index (χ0n) is 13.9. The fourth-order valence-electron chi connectivity index (χ4n) is 3.51. The van der Waals surface area contributed by atoms with Crippen molar-refractivity contribution in [2.24, 2.45) is 0 Å². The van der Waals surface area contributed by atoms with E-state index in [0.29, 0.717) is 12.1 Å². The van der Waals surface area contributed by atoms with Gasteiger partial charge in [-0.1, -0.05) is 6.42 Å². The Morgan fingerprint density at radius 1 is 1.13 bits per heavy atom. The first kappa shape index (κ1) is 14.7. The second kappa shape index (κ2) is 5.99. The van der Waals surface area contributed by atoms with Crippen LogP contribution >= 0.6 is 0 Å². The normalized spacial score (nSPS) is 22.6. The highest BCUT2D eigenvalue weighted by atomic mass is 15.6. The third kappa shape index (κ3) is 3.12. The lowest BCUT2D eigenvalue weighted by atomic mass is 10.0. The van der Waals surface area contributed by atoms with Gasteiger partial charge in [0.25, 0.3) is 0 Å². The van der Waals surface area contributed by atoms with E-state index in [1.807, 2.05) is 23.2 Å². The fraction of sp³-hybridized carbons (Fsp3) is 0.800. The van der Waals surface area contributed by atoms with Crippen molar-refractivity contribution < 1.29 is 0 Å². The molecule has 1 atom stereocenters. The van der Waals surface area contributed by atoms with E-state index in [1.54, 1.807) is 0 Å². The molecular weight excluding hydrogens is 292 g/mol. The van der Waals surface area contributed by atoms with Gasteiger partial charge in [-0.25, -0.2) is 14.3 Å². The number of nitrogens with zero attached hydrogens (tertiary/aromatic N) is 8. The topological polar surface area (TPSA) is 77.5 Å². The maximum Gasteiger partial charge on any atom is 0.165 e. The molecule has 2 aromatic heterocycles. The second-order valence-corrected chi connectivity index (χ2v) is 6.78. The maximum absolute atomic E-state index is 4.52. The Morgan fingerprint density at radius 2 is 2.00 bits per heavy atom. The quantitative estimate of drug-likeness (QED) is 0.827. The highest BCUT2D eigenvalue weighted by Gasteiger charge is 2.30. The van der Waals surface area contributed by atoms with E-state index >= 15 is 0 Å². The molecule has 2 fully saturated rings. The summed E-state index contributed by atoms with van der Waals surface area (Å²) >= 11 is 0. The molecule has 8 heteroatoms. The molecule has 1 aliphatic carbocycles. The largest absolute Gasteiger partial charge is 0.291 e. The Hall–Kier alpha value is -1.83. The van der Waals surface area contributed by atoms with E-state index in [-0.39, 0.29) is 0 Å². The van der Waals surface area contributed by atoms with Gasteiger partial charge in [0.05, 0.1) is 19.1 Å². The summed E-state index contributed by atoms with van der Waals surface area (Å²) < 4.78 is 4.07. The fourth-order valence-corrected chi connectivity index (χ4v) is 3.51. The third-order valence-electron chi connectivity index (χ3n) is 4.89. The Bertz CT molecular complexity index is 671. The van der Waals surface area contributed by atoms with Crippen molar-refractivity contribution in [3.8, 4) is 0 Å². The van der Waals surface area contributed by atoms with Gasteiger partial charge in [0.15, 0.2) is 5.82 Å². The van der Waals surface area contributed by atoms with Crippen molar-refractivity contribution in [2.45, 2.75) is 71.1 Å². The van der Waals surface area contributed by atoms with E-state index in [2.05, 4.69) is 30.5 Å². The van der Waals surface area contributed by atoms with Crippen LogP contribution in [0.5, 0.6) is 0 Å². The monoisotopic (exact) mass is 316 g/mol. The minimum Gasteiger partial charge on any atom is -0.291 e. The van der Waals surface area contributed by atoms with Gasteiger partial charge < -0.3 is 0 Å². The minimum absolute atomic E-state index is 0.480. The van der Waals surface area contributed by atoms with E-state index in [1.165, 1.54) is 32.1 Å². The van der Waals surface area contributed by atoms with Gasteiger partial charge in [-0.2, -0.15) is 5.10 Å². The van der Waals surface area contributed by atoms with Gasteiger partial charge in [-0.05, 0) is 56.5 Å². The van der Waals surface area contributed by atoms with Gasteiger partial charge in [-0.15, -0.1) is 5.10 Å². The molecule has 0 N–H and O–H groups in total. The molecule has 0 unspecified atom stereocenters. The summed E-state index contributed by atoms with van der Waals surface area (Å²) in [6.45, 7) is 6.82. The number of piperidine rings is 1. The zero-order valence-corrected chi connectivity index (χ0v) is 13.9. The predicted octanol–water partition coefficient (Wildman–Crippen LogP) is 1.27. The van der Waals surface area contributed by atoms with Crippen LogP contribution in [0.4, 0.5) is 0 Å². The van der Waals surface area contributed by atoms with Crippen LogP contribution in [0, 0.1) is 13.8 Å². The molecule has 4 rings (SSSR count). The van der Waals surface area contributed by atoms with Crippen molar-refractivity contribution in [3.63, 3.8) is 0 Å². The number of aryl methyl sites for hydroxylation is 2. The lowest BCUT2D eigenvalue weighted by molar-refractivity contribution is 0.116. The summed E-state index contributed by atoms with van der Waals surface area (Å²) in [4.78, 5) is 6.94. The summed E-state index contributed by atoms with van der Waals surface area (Å²) in [5, 5.41) is 16.8. The second-order valence-electron chi connectivity index (χ2n) is 6.78. The van der Waals surface area contributed by atoms with Crippen molar-refractivity contribution in [2.75, 3.05) is 6.54 Å². The highest BCUT2D eigenvalue weighted by Crippen LogP contribution is 2.34. The Balaban J connectivity index is 1.48. The number of tetrazole rings is 1. The van der Waals surface area contributed by atoms with Crippen LogP contribution in [-0.4, -0.2) is 52.5 Å². The number of likely N-dealkylation sites (tertiary alicyclic amines) is 1. The molecule has 1 aliphatic heterocycles. The first-order valence-electron chi connectivity index (χ1n) is 8.59. The maximum atomic E-state index is 4.52. The highest BCUT2D eigenvalue weighted by molar-refractivity contribution is 4.93. The average molecular weight is 316 g/mol. The first-order chi connectivity index (χ1) is 11.2. The summed E-state index contributed by atoms with van der Waals surface area (Å²) in [5.41, 5.74) is 0. The lowest BCUT2D eigenvalue weighted by Gasteiger charge is -2.35. The Morgan fingerprint density at radius 3 is 2.74 bits per heavy atom. The van der Waals surface area contributed by atoms with Crippen LogP contribution in [0.25, 0.3) is 0 Å². The number of hydrogen-bond acceptors (Lipinski definition) is 6. The van der Waals surface area contributed by atoms with Crippen LogP contribution in [-0.2, 0) is 13.1 Å². The molecule has 3 heterocycles. The summed E-state index contributed by atoms with van der Waals surface area (Å²) in [6.07, 6.45) is 6.14. The molecule has 2 aliphatic rings. The number of hydrogen-bond donors (Lipinski definition) is 0. The predicted molar refractivity (Wildman–Crippen MR) is 83.6 cm³/mol. The van der Waals surface area contributed by atoms with Gasteiger partial charge in [0.2, 0.25) is 0 Å². The molecule has 8 nitrogen and oxygen atoms in total. The van der Waals surface area contributed by atoms with Crippen molar-refractivity contribution in [3.05, 3.63) is 17.5 Å². The van der Waals surface area contributed by atoms with Gasteiger partial charge in [0.1, 0.15) is 11.6 Å². The average Bonchev–Trinajstić information content (AvgIpc) is 3.19. The number of rotatable bonds is 5. The molecule has 1 saturated carbocycles. The van der Waals surface area contributed by atoms with E-state index in [9.17, 15) is 0 Å². The lowest BCUT2D eigenvalue weighted by Crippen LogP contribution is -2.42. The van der Waals surface area contributed by atoms with Crippen molar-refractivity contribution in [1.29, 1.82) is 0 Å². The zero-order chi connectivity index (χ0) is 15.8. The molecule has 0 bridgehead atoms. The Labute approximate surface area is 135 Å². The van der Waals surface area contributed by atoms with Crippen molar-refractivity contribution in [1.82, 2.24) is 39.9 Å². The molecule has 0 aromatic carbocycles. The van der Waals surface area contributed by atoms with Crippen LogP contribution in [0.2, 0.25) is 0 Å². The molecular formula is C15H24N8. The van der Waals surface area contributed by atoms with Gasteiger partial charge in [0, 0.05) is 6.04 Å². The standard InChI is InChI=1S/C15H24N8/c1-11-16-12(2)22(18-11)9-14-5-3-4-8-21(14)10-15-17-19-20-23(15)13-6-7-13/h13-14H,3-10H2,1-2H3/t14-/m1/s1. The minimum atomic E-state index is 0.480. The van der Waals surface area contributed by atoms with E-state index in [0.717, 1.165) is 37.1 Å². The van der Waals surface area contributed by atoms with Crippen LogP contribution in [0.15, 0.2) is 0 Å². The van der Waals surface area contributed by atoms with Crippen LogP contribution < -0.4 is 0 Å². The molecule has 0 radical (unpaired) electrons. The Kier molecular flexibility index (Phi) is 3.84. The third-order valence-corrected chi connectivity index (χ3v) is 4.89. The van der Waals surface area contributed by atoms with E-state index < -0.39 is 0 Å². The molecule has 23 heavy (non-hydrogen) atoms. The van der Waals surface area contributed by atoms with Gasteiger partial charge in [-0.3, -0.25) is 4.90 Å². The van der Waals surface area contributed by atoms with Crippen LogP contribution in [0.3, 0.4) is 0 Å². The first-order valence-corrected chi connectivity index (χ1v) is 8.59. The van der Waals surface area contributed by atoms with Gasteiger partial charge >= 0.3 is 0 Å². The van der Waals surface area contributed by atoms with Crippen LogP contribution in [0.1, 0.15) is 55.6 Å².